The predicted octanol–water partition coefficient (Wildman–Crippen LogP) is 4.63. The maximum absolute atomic E-state index is 13.5. The van der Waals surface area contributed by atoms with E-state index in [0.29, 0.717) is 30.4 Å². The summed E-state index contributed by atoms with van der Waals surface area (Å²) >= 11 is 3.44. The molecule has 1 atom stereocenters. The van der Waals surface area contributed by atoms with Crippen LogP contribution >= 0.6 is 15.9 Å². The Bertz CT molecular complexity index is 1280. The van der Waals surface area contributed by atoms with Crippen LogP contribution in [0.25, 0.3) is 0 Å². The van der Waals surface area contributed by atoms with Crippen molar-refractivity contribution in [3.63, 3.8) is 0 Å². The van der Waals surface area contributed by atoms with Gasteiger partial charge in [-0.1, -0.05) is 47.3 Å². The number of halogens is 1. The van der Waals surface area contributed by atoms with Crippen molar-refractivity contribution >= 4 is 43.5 Å². The highest BCUT2D eigenvalue weighted by atomic mass is 79.9. The molecule has 4 rings (SSSR count). The molecule has 218 valence electrons. The van der Waals surface area contributed by atoms with Crippen molar-refractivity contribution < 1.29 is 27.5 Å². The molecule has 2 amide bonds. The zero-order valence-electron chi connectivity index (χ0n) is 23.1. The Morgan fingerprint density at radius 2 is 1.70 bits per heavy atom. The molecule has 2 aromatic carbocycles. The minimum Gasteiger partial charge on any atom is -0.486 e. The molecule has 1 heterocycles. The van der Waals surface area contributed by atoms with Crippen molar-refractivity contribution in [3.05, 3.63) is 52.5 Å². The highest BCUT2D eigenvalue weighted by molar-refractivity contribution is 9.10. The molecular formula is C29H38BrN3O6S. The molecule has 1 N–H and O–H groups in total. The number of fused-ring (bicyclic) bond motifs is 1. The molecule has 9 nitrogen and oxygen atoms in total. The lowest BCUT2D eigenvalue weighted by Crippen LogP contribution is -2.50. The van der Waals surface area contributed by atoms with Crippen molar-refractivity contribution in [1.29, 1.82) is 0 Å². The predicted molar refractivity (Wildman–Crippen MR) is 158 cm³/mol. The van der Waals surface area contributed by atoms with Gasteiger partial charge in [-0.25, -0.2) is 8.42 Å². The summed E-state index contributed by atoms with van der Waals surface area (Å²) in [6.07, 6.45) is 6.82. The van der Waals surface area contributed by atoms with Gasteiger partial charge < -0.3 is 19.7 Å². The number of carbonyl (C=O) groups is 2. The van der Waals surface area contributed by atoms with Gasteiger partial charge in [0.1, 0.15) is 19.3 Å². The summed E-state index contributed by atoms with van der Waals surface area (Å²) in [6.45, 7) is 2.98. The topological polar surface area (TPSA) is 105 Å². The van der Waals surface area contributed by atoms with Crippen molar-refractivity contribution in [3.8, 4) is 11.5 Å². The summed E-state index contributed by atoms with van der Waals surface area (Å²) in [5.74, 6) is 0.700. The van der Waals surface area contributed by atoms with Crippen molar-refractivity contribution in [2.75, 3.05) is 30.3 Å². The number of hydrogen-bond donors (Lipinski definition) is 1. The molecule has 0 spiro atoms. The highest BCUT2D eigenvalue weighted by Gasteiger charge is 2.28. The summed E-state index contributed by atoms with van der Waals surface area (Å²) in [5, 5.41) is 3.14. The molecule has 2 aliphatic rings. The minimum absolute atomic E-state index is 0.0914. The minimum atomic E-state index is -3.62. The molecule has 0 radical (unpaired) electrons. The average molecular weight is 637 g/mol. The van der Waals surface area contributed by atoms with E-state index in [0.717, 1.165) is 42.0 Å². The number of anilines is 1. The van der Waals surface area contributed by atoms with E-state index >= 15 is 0 Å². The number of carbonyl (C=O) groups excluding carboxylic acids is 2. The highest BCUT2D eigenvalue weighted by Crippen LogP contribution is 2.34. The number of nitrogens with one attached hydrogen (secondary N) is 1. The quantitative estimate of drug-likeness (QED) is 0.386. The Hall–Kier alpha value is -2.79. The van der Waals surface area contributed by atoms with Gasteiger partial charge in [-0.15, -0.1) is 0 Å². The van der Waals surface area contributed by atoms with Gasteiger partial charge in [0.2, 0.25) is 21.8 Å². The zero-order chi connectivity index (χ0) is 28.7. The lowest BCUT2D eigenvalue weighted by molar-refractivity contribution is -0.141. The standard InChI is InChI=1S/C29H38BrN3O6S/c1-21(29(35)31-24-7-4-3-5-8-24)32(20-22-10-12-23(30)13-11-22)28(34)9-6-16-33(40(2,36)37)25-14-15-26-27(19-25)39-18-17-38-26/h10-15,19,21,24H,3-9,16-18,20H2,1-2H3,(H,31,35)/t21-/m1/s1. The van der Waals surface area contributed by atoms with E-state index in [1.54, 1.807) is 30.0 Å². The molecule has 1 aliphatic carbocycles. The van der Waals surface area contributed by atoms with Crippen LogP contribution in [0.3, 0.4) is 0 Å². The molecule has 11 heteroatoms. The van der Waals surface area contributed by atoms with Gasteiger partial charge in [0, 0.05) is 36.1 Å². The van der Waals surface area contributed by atoms with Crippen LogP contribution in [0.15, 0.2) is 46.9 Å². The van der Waals surface area contributed by atoms with Crippen LogP contribution in [0.5, 0.6) is 11.5 Å². The number of rotatable bonds is 11. The zero-order valence-corrected chi connectivity index (χ0v) is 25.5. The first kappa shape index (κ1) is 30.2. The number of sulfonamides is 1. The molecule has 0 bridgehead atoms. The second-order valence-electron chi connectivity index (χ2n) is 10.4. The molecule has 0 aromatic heterocycles. The van der Waals surface area contributed by atoms with Crippen LogP contribution in [-0.2, 0) is 26.2 Å². The number of hydrogen-bond acceptors (Lipinski definition) is 6. The second-order valence-corrected chi connectivity index (χ2v) is 13.3. The van der Waals surface area contributed by atoms with E-state index in [9.17, 15) is 18.0 Å². The SMILES string of the molecule is C[C@H](C(=O)NC1CCCCC1)N(Cc1ccc(Br)cc1)C(=O)CCCN(c1ccc2c(c1)OCCO2)S(C)(=O)=O. The number of nitrogens with zero attached hydrogens (tertiary/aromatic N) is 2. The Kier molecular flexibility index (Phi) is 10.3. The maximum Gasteiger partial charge on any atom is 0.242 e. The third-order valence-electron chi connectivity index (χ3n) is 7.35. The molecule has 0 unspecified atom stereocenters. The fraction of sp³-hybridized carbons (Fsp3) is 0.517. The van der Waals surface area contributed by atoms with E-state index in [-0.39, 0.29) is 43.8 Å². The van der Waals surface area contributed by atoms with Crippen molar-refractivity contribution in [1.82, 2.24) is 10.2 Å². The van der Waals surface area contributed by atoms with Crippen molar-refractivity contribution in [2.45, 2.75) is 70.5 Å². The summed E-state index contributed by atoms with van der Waals surface area (Å²) in [6, 6.07) is 12.1. The Morgan fingerprint density at radius 3 is 2.38 bits per heavy atom. The average Bonchev–Trinajstić information content (AvgIpc) is 2.94. The normalized spacial score (nSPS) is 16.2. The first-order chi connectivity index (χ1) is 19.1. The third-order valence-corrected chi connectivity index (χ3v) is 9.07. The molecule has 1 aliphatic heterocycles. The van der Waals surface area contributed by atoms with Gasteiger partial charge in [-0.2, -0.15) is 0 Å². The largest absolute Gasteiger partial charge is 0.486 e. The molecule has 40 heavy (non-hydrogen) atoms. The molecule has 0 saturated heterocycles. The smallest absolute Gasteiger partial charge is 0.242 e. The first-order valence-electron chi connectivity index (χ1n) is 13.8. The van der Waals surface area contributed by atoms with E-state index < -0.39 is 16.1 Å². The van der Waals surface area contributed by atoms with Gasteiger partial charge in [0.15, 0.2) is 11.5 Å². The maximum atomic E-state index is 13.5. The van der Waals surface area contributed by atoms with Gasteiger partial charge >= 0.3 is 0 Å². The van der Waals surface area contributed by atoms with Crippen LogP contribution in [-0.4, -0.2) is 63.2 Å². The number of benzene rings is 2. The lowest BCUT2D eigenvalue weighted by Gasteiger charge is -2.31. The van der Waals surface area contributed by atoms with E-state index in [2.05, 4.69) is 21.2 Å². The van der Waals surface area contributed by atoms with E-state index in [1.165, 1.54) is 10.7 Å². The fourth-order valence-corrected chi connectivity index (χ4v) is 6.35. The summed E-state index contributed by atoms with van der Waals surface area (Å²) in [7, 11) is -3.62. The number of ether oxygens (including phenoxy) is 2. The van der Waals surface area contributed by atoms with Crippen LogP contribution in [0.2, 0.25) is 0 Å². The fourth-order valence-electron chi connectivity index (χ4n) is 5.13. The molecule has 1 fully saturated rings. The van der Waals surface area contributed by atoms with Crippen LogP contribution < -0.4 is 19.1 Å². The Balaban J connectivity index is 1.45. The summed E-state index contributed by atoms with van der Waals surface area (Å²) in [4.78, 5) is 28.3. The van der Waals surface area contributed by atoms with Gasteiger partial charge in [-0.3, -0.25) is 13.9 Å². The van der Waals surface area contributed by atoms with E-state index in [4.69, 9.17) is 9.47 Å². The van der Waals surface area contributed by atoms with E-state index in [1.807, 2.05) is 24.3 Å². The third kappa shape index (κ3) is 8.13. The van der Waals surface area contributed by atoms with Crippen LogP contribution in [0.4, 0.5) is 5.69 Å². The molecule has 1 saturated carbocycles. The van der Waals surface area contributed by atoms with Crippen molar-refractivity contribution in [2.24, 2.45) is 0 Å². The second kappa shape index (κ2) is 13.7. The van der Waals surface area contributed by atoms with Gasteiger partial charge in [-0.05, 0) is 56.0 Å². The Labute approximate surface area is 245 Å². The lowest BCUT2D eigenvalue weighted by atomic mass is 9.95. The van der Waals surface area contributed by atoms with Crippen LogP contribution in [0.1, 0.15) is 57.4 Å². The Morgan fingerprint density at radius 1 is 1.02 bits per heavy atom. The molecule has 2 aromatic rings. The first-order valence-corrected chi connectivity index (χ1v) is 16.5. The summed E-state index contributed by atoms with van der Waals surface area (Å²) < 4.78 is 38.7. The monoisotopic (exact) mass is 635 g/mol. The van der Waals surface area contributed by atoms with Crippen LogP contribution in [0, 0.1) is 0 Å². The number of amides is 2. The summed E-state index contributed by atoms with van der Waals surface area (Å²) in [5.41, 5.74) is 1.36. The molecular weight excluding hydrogens is 598 g/mol. The van der Waals surface area contributed by atoms with Gasteiger partial charge in [0.25, 0.3) is 0 Å². The van der Waals surface area contributed by atoms with Gasteiger partial charge in [0.05, 0.1) is 11.9 Å².